The number of carbonyl (C=O) groups excluding carboxylic acids is 2. The first-order valence-corrected chi connectivity index (χ1v) is 11.1. The van der Waals surface area contributed by atoms with Crippen molar-refractivity contribution in [1.82, 2.24) is 20.1 Å². The van der Waals surface area contributed by atoms with Crippen LogP contribution >= 0.6 is 0 Å². The zero-order valence-corrected chi connectivity index (χ0v) is 18.5. The van der Waals surface area contributed by atoms with Gasteiger partial charge in [0.05, 0.1) is 35.9 Å². The number of aromatic nitrogens is 3. The molecule has 32 heavy (non-hydrogen) atoms. The number of aryl methyl sites for hydroxylation is 1. The van der Waals surface area contributed by atoms with E-state index in [9.17, 15) is 9.59 Å². The third-order valence-corrected chi connectivity index (χ3v) is 6.06. The quantitative estimate of drug-likeness (QED) is 0.551. The lowest BCUT2D eigenvalue weighted by atomic mass is 9.85. The van der Waals surface area contributed by atoms with Crippen LogP contribution in [-0.4, -0.2) is 39.8 Å². The Balaban J connectivity index is 1.61. The second-order valence-corrected chi connectivity index (χ2v) is 8.14. The van der Waals surface area contributed by atoms with Crippen LogP contribution in [0.15, 0.2) is 42.7 Å². The van der Waals surface area contributed by atoms with E-state index in [2.05, 4.69) is 20.7 Å². The van der Waals surface area contributed by atoms with E-state index in [-0.39, 0.29) is 23.8 Å². The lowest BCUT2D eigenvalue weighted by molar-refractivity contribution is -0.146. The number of methoxy groups -OCH3 is 1. The van der Waals surface area contributed by atoms with Gasteiger partial charge in [0.2, 0.25) is 0 Å². The number of nitrogens with one attached hydrogen (secondary N) is 2. The highest BCUT2D eigenvalue weighted by atomic mass is 16.5. The molecule has 1 aromatic carbocycles. The van der Waals surface area contributed by atoms with Crippen LogP contribution in [0.4, 0.5) is 5.69 Å². The summed E-state index contributed by atoms with van der Waals surface area (Å²) in [6.07, 6.45) is 6.71. The fraction of sp³-hybridized carbons (Fsp3) is 0.417. The van der Waals surface area contributed by atoms with Gasteiger partial charge in [-0.25, -0.2) is 9.67 Å². The van der Waals surface area contributed by atoms with Gasteiger partial charge in [-0.2, -0.15) is 5.10 Å². The first-order chi connectivity index (χ1) is 15.6. The largest absolute Gasteiger partial charge is 0.469 e. The Labute approximate surface area is 187 Å². The zero-order chi connectivity index (χ0) is 22.5. The topological polar surface area (TPSA) is 98.1 Å². The maximum Gasteiger partial charge on any atom is 0.308 e. The Kier molecular flexibility index (Phi) is 6.68. The molecular weight excluding hydrogens is 406 g/mol. The van der Waals surface area contributed by atoms with Gasteiger partial charge >= 0.3 is 5.97 Å². The molecule has 2 atom stereocenters. The third kappa shape index (κ3) is 4.59. The molecule has 2 unspecified atom stereocenters. The summed E-state index contributed by atoms with van der Waals surface area (Å²) in [6.45, 7) is 3.12. The van der Waals surface area contributed by atoms with Crippen molar-refractivity contribution < 1.29 is 14.3 Å². The summed E-state index contributed by atoms with van der Waals surface area (Å²) in [5, 5.41) is 11.8. The zero-order valence-electron chi connectivity index (χ0n) is 18.5. The minimum atomic E-state index is -0.199. The maximum absolute atomic E-state index is 13.1. The normalized spacial score (nSPS) is 18.3. The van der Waals surface area contributed by atoms with Crippen molar-refractivity contribution in [2.45, 2.75) is 51.7 Å². The lowest BCUT2D eigenvalue weighted by Gasteiger charge is -2.29. The van der Waals surface area contributed by atoms with Crippen LogP contribution < -0.4 is 10.6 Å². The van der Waals surface area contributed by atoms with Crippen LogP contribution in [0.25, 0.3) is 11.0 Å². The van der Waals surface area contributed by atoms with Crippen LogP contribution in [0, 0.1) is 5.92 Å². The summed E-state index contributed by atoms with van der Waals surface area (Å²) in [6, 6.07) is 9.85. The molecule has 1 aliphatic carbocycles. The van der Waals surface area contributed by atoms with E-state index in [4.69, 9.17) is 4.74 Å². The summed E-state index contributed by atoms with van der Waals surface area (Å²) in [7, 11) is 1.43. The van der Waals surface area contributed by atoms with E-state index in [0.29, 0.717) is 25.1 Å². The van der Waals surface area contributed by atoms with Crippen molar-refractivity contribution in [3.05, 3.63) is 53.9 Å². The number of carbonyl (C=O) groups is 2. The molecule has 0 radical (unpaired) electrons. The molecule has 0 bridgehead atoms. The minimum Gasteiger partial charge on any atom is -0.469 e. The minimum absolute atomic E-state index is 0.0594. The van der Waals surface area contributed by atoms with Crippen LogP contribution in [0.2, 0.25) is 0 Å². The predicted octanol–water partition coefficient (Wildman–Crippen LogP) is 3.52. The molecule has 4 rings (SSSR count). The Bertz CT molecular complexity index is 1100. The van der Waals surface area contributed by atoms with Crippen molar-refractivity contribution in [2.24, 2.45) is 5.92 Å². The second-order valence-electron chi connectivity index (χ2n) is 8.14. The van der Waals surface area contributed by atoms with Gasteiger partial charge in [0, 0.05) is 25.3 Å². The van der Waals surface area contributed by atoms with Gasteiger partial charge in [0.15, 0.2) is 5.65 Å². The molecule has 1 saturated carbocycles. The molecule has 8 nitrogen and oxygen atoms in total. The Morgan fingerprint density at radius 1 is 1.19 bits per heavy atom. The molecule has 1 amide bonds. The number of hydrogen-bond acceptors (Lipinski definition) is 6. The smallest absolute Gasteiger partial charge is 0.308 e. The van der Waals surface area contributed by atoms with Gasteiger partial charge in [0.1, 0.15) is 0 Å². The number of nitrogens with zero attached hydrogens (tertiary/aromatic N) is 3. The maximum atomic E-state index is 13.1. The third-order valence-electron chi connectivity index (χ3n) is 6.06. The predicted molar refractivity (Wildman–Crippen MR) is 122 cm³/mol. The second kappa shape index (κ2) is 9.80. The summed E-state index contributed by atoms with van der Waals surface area (Å²) >= 11 is 0. The van der Waals surface area contributed by atoms with E-state index < -0.39 is 0 Å². The van der Waals surface area contributed by atoms with Crippen LogP contribution in [-0.2, 0) is 22.6 Å². The highest BCUT2D eigenvalue weighted by Gasteiger charge is 2.29. The first-order valence-electron chi connectivity index (χ1n) is 11.1. The van der Waals surface area contributed by atoms with Crippen LogP contribution in [0.1, 0.15) is 48.5 Å². The molecular formula is C24H29N5O3. The SMILES string of the molecule is CCn1ncc2c(NC3CCCC(C(=O)OC)C3)c(C(=O)NCc3ccccc3)cnc21. The Hall–Kier alpha value is -3.42. The van der Waals surface area contributed by atoms with Gasteiger partial charge in [-0.15, -0.1) is 0 Å². The van der Waals surface area contributed by atoms with Gasteiger partial charge in [-0.05, 0) is 31.7 Å². The van der Waals surface area contributed by atoms with Gasteiger partial charge in [0.25, 0.3) is 5.91 Å². The van der Waals surface area contributed by atoms with E-state index in [1.165, 1.54) is 7.11 Å². The summed E-state index contributed by atoms with van der Waals surface area (Å²) in [5.41, 5.74) is 2.95. The van der Waals surface area contributed by atoms with Crippen molar-refractivity contribution in [3.8, 4) is 0 Å². The summed E-state index contributed by atoms with van der Waals surface area (Å²) < 4.78 is 6.77. The molecule has 2 aromatic heterocycles. The Morgan fingerprint density at radius 3 is 2.75 bits per heavy atom. The molecule has 8 heteroatoms. The average molecular weight is 436 g/mol. The number of benzene rings is 1. The van der Waals surface area contributed by atoms with Gasteiger partial charge in [-0.3, -0.25) is 9.59 Å². The number of anilines is 1. The molecule has 0 aliphatic heterocycles. The molecule has 2 heterocycles. The van der Waals surface area contributed by atoms with Crippen LogP contribution in [0.5, 0.6) is 0 Å². The van der Waals surface area contributed by atoms with Crippen molar-refractivity contribution in [1.29, 1.82) is 0 Å². The molecule has 1 aliphatic rings. The van der Waals surface area contributed by atoms with E-state index in [1.807, 2.05) is 41.9 Å². The van der Waals surface area contributed by atoms with Crippen molar-refractivity contribution in [3.63, 3.8) is 0 Å². The number of pyridine rings is 1. The first kappa shape index (κ1) is 21.8. The highest BCUT2D eigenvalue weighted by Crippen LogP contribution is 2.32. The lowest BCUT2D eigenvalue weighted by Crippen LogP contribution is -2.33. The van der Waals surface area contributed by atoms with E-state index in [1.54, 1.807) is 12.4 Å². The number of hydrogen-bond donors (Lipinski definition) is 2. The molecule has 0 spiro atoms. The number of ether oxygens (including phenoxy) is 1. The number of fused-ring (bicyclic) bond motifs is 1. The van der Waals surface area contributed by atoms with Crippen molar-refractivity contribution in [2.75, 3.05) is 12.4 Å². The van der Waals surface area contributed by atoms with Crippen molar-refractivity contribution >= 4 is 28.6 Å². The molecule has 1 fully saturated rings. The number of esters is 1. The fourth-order valence-corrected chi connectivity index (χ4v) is 4.37. The average Bonchev–Trinajstić information content (AvgIpc) is 3.27. The monoisotopic (exact) mass is 435 g/mol. The molecule has 0 saturated heterocycles. The Morgan fingerprint density at radius 2 is 2.00 bits per heavy atom. The molecule has 2 N–H and O–H groups in total. The highest BCUT2D eigenvalue weighted by molar-refractivity contribution is 6.06. The number of rotatable bonds is 7. The van der Waals surface area contributed by atoms with Gasteiger partial charge < -0.3 is 15.4 Å². The van der Waals surface area contributed by atoms with E-state index in [0.717, 1.165) is 41.5 Å². The van der Waals surface area contributed by atoms with E-state index >= 15 is 0 Å². The molecule has 3 aromatic rings. The summed E-state index contributed by atoms with van der Waals surface area (Å²) in [5.74, 6) is -0.497. The molecule has 168 valence electrons. The van der Waals surface area contributed by atoms with Gasteiger partial charge in [-0.1, -0.05) is 36.8 Å². The number of amides is 1. The fourth-order valence-electron chi connectivity index (χ4n) is 4.37. The summed E-state index contributed by atoms with van der Waals surface area (Å²) in [4.78, 5) is 29.7. The standard InChI is InChI=1S/C24H29N5O3/c1-3-29-22-19(15-27-29)21(28-18-11-7-10-17(12-18)24(31)32-2)20(14-25-22)23(30)26-13-16-8-5-4-6-9-16/h4-6,8-9,14-15,17-18H,3,7,10-13H2,1-2H3,(H,25,28)(H,26,30). The van der Waals surface area contributed by atoms with Crippen LogP contribution in [0.3, 0.4) is 0 Å².